The molecule has 4 heterocycles. The monoisotopic (exact) mass is 327 g/mol. The van der Waals surface area contributed by atoms with Gasteiger partial charge in [0, 0.05) is 38.1 Å². The van der Waals surface area contributed by atoms with E-state index in [1.54, 1.807) is 12.4 Å². The Balaban J connectivity index is 1.71. The van der Waals surface area contributed by atoms with Gasteiger partial charge in [0.1, 0.15) is 0 Å². The highest BCUT2D eigenvalue weighted by atomic mass is 16.2. The summed E-state index contributed by atoms with van der Waals surface area (Å²) in [6, 6.07) is 3.91. The van der Waals surface area contributed by atoms with E-state index in [9.17, 15) is 9.59 Å². The number of amides is 2. The SMILES string of the molecule is CC(C)=CCN1C(=O)[C@@H]2CC[C@H]1CN(C(=O)Cc1cccnc1)C2. The van der Waals surface area contributed by atoms with E-state index in [2.05, 4.69) is 11.1 Å². The van der Waals surface area contributed by atoms with Crippen molar-refractivity contribution in [2.75, 3.05) is 19.6 Å². The lowest BCUT2D eigenvalue weighted by molar-refractivity contribution is -0.139. The van der Waals surface area contributed by atoms with Gasteiger partial charge in [-0.1, -0.05) is 17.7 Å². The average molecular weight is 327 g/mol. The second-order valence-corrected chi connectivity index (χ2v) is 7.04. The molecule has 0 spiro atoms. The van der Waals surface area contributed by atoms with Crippen molar-refractivity contribution in [3.8, 4) is 0 Å². The summed E-state index contributed by atoms with van der Waals surface area (Å²) in [6.45, 7) is 5.96. The van der Waals surface area contributed by atoms with Crippen LogP contribution in [0.15, 0.2) is 36.2 Å². The molecule has 3 aliphatic heterocycles. The zero-order valence-electron chi connectivity index (χ0n) is 14.4. The first-order valence-electron chi connectivity index (χ1n) is 8.65. The predicted molar refractivity (Wildman–Crippen MR) is 92.2 cm³/mol. The molecule has 4 rings (SSSR count). The highest BCUT2D eigenvalue weighted by molar-refractivity contribution is 5.84. The van der Waals surface area contributed by atoms with Gasteiger partial charge in [-0.2, -0.15) is 0 Å². The first-order valence-corrected chi connectivity index (χ1v) is 8.65. The van der Waals surface area contributed by atoms with Crippen molar-refractivity contribution in [1.29, 1.82) is 0 Å². The van der Waals surface area contributed by atoms with E-state index in [4.69, 9.17) is 0 Å². The maximum atomic E-state index is 12.7. The van der Waals surface area contributed by atoms with Crippen LogP contribution in [0.4, 0.5) is 0 Å². The summed E-state index contributed by atoms with van der Waals surface area (Å²) in [4.78, 5) is 33.3. The number of nitrogens with zero attached hydrogens (tertiary/aromatic N) is 3. The zero-order valence-corrected chi connectivity index (χ0v) is 14.4. The van der Waals surface area contributed by atoms with Crippen LogP contribution in [0.5, 0.6) is 0 Å². The Bertz CT molecular complexity index is 637. The standard InChI is InChI=1S/C19H25N3O2/c1-14(2)7-9-22-17-6-5-16(19(22)24)12-21(13-17)18(23)10-15-4-3-8-20-11-15/h3-4,7-8,11,16-17H,5-6,9-10,12-13H2,1-2H3/t16-,17+/m1/s1. The lowest BCUT2D eigenvalue weighted by Gasteiger charge is -2.35. The Labute approximate surface area is 143 Å². The van der Waals surface area contributed by atoms with Gasteiger partial charge in [0.05, 0.1) is 12.3 Å². The fraction of sp³-hybridized carbons (Fsp3) is 0.526. The van der Waals surface area contributed by atoms with Crippen LogP contribution in [-0.2, 0) is 16.0 Å². The molecule has 0 N–H and O–H groups in total. The quantitative estimate of drug-likeness (QED) is 0.795. The molecule has 1 aromatic rings. The van der Waals surface area contributed by atoms with E-state index in [1.165, 1.54) is 5.57 Å². The summed E-state index contributed by atoms with van der Waals surface area (Å²) in [5.41, 5.74) is 2.14. The molecule has 5 heteroatoms. The Hall–Kier alpha value is -2.17. The van der Waals surface area contributed by atoms with Crippen LogP contribution in [0.25, 0.3) is 0 Å². The number of aromatic nitrogens is 1. The number of hydrogen-bond donors (Lipinski definition) is 0. The lowest BCUT2D eigenvalue weighted by atomic mass is 9.94. The molecular formula is C19H25N3O2. The molecule has 2 bridgehead atoms. The first-order chi connectivity index (χ1) is 11.5. The van der Waals surface area contributed by atoms with Gasteiger partial charge in [0.2, 0.25) is 11.8 Å². The number of allylic oxidation sites excluding steroid dienone is 1. The van der Waals surface area contributed by atoms with Crippen LogP contribution >= 0.6 is 0 Å². The van der Waals surface area contributed by atoms with E-state index >= 15 is 0 Å². The Kier molecular flexibility index (Phi) is 4.97. The number of rotatable bonds is 4. The molecule has 3 aliphatic rings. The van der Waals surface area contributed by atoms with Gasteiger partial charge in [-0.05, 0) is 38.3 Å². The lowest BCUT2D eigenvalue weighted by Crippen LogP contribution is -2.48. The van der Waals surface area contributed by atoms with Crippen molar-refractivity contribution in [1.82, 2.24) is 14.8 Å². The third-order valence-electron chi connectivity index (χ3n) is 4.92. The maximum absolute atomic E-state index is 12.7. The largest absolute Gasteiger partial charge is 0.340 e. The van der Waals surface area contributed by atoms with Crippen molar-refractivity contribution >= 4 is 11.8 Å². The highest BCUT2D eigenvalue weighted by Crippen LogP contribution is 2.29. The van der Waals surface area contributed by atoms with E-state index in [-0.39, 0.29) is 23.8 Å². The second kappa shape index (κ2) is 7.16. The number of pyridine rings is 1. The minimum Gasteiger partial charge on any atom is -0.340 e. The van der Waals surface area contributed by atoms with Gasteiger partial charge in [0.25, 0.3) is 0 Å². The average Bonchev–Trinajstić information content (AvgIpc) is 2.85. The molecular weight excluding hydrogens is 302 g/mol. The van der Waals surface area contributed by atoms with Crippen molar-refractivity contribution in [3.63, 3.8) is 0 Å². The minimum atomic E-state index is -0.0489. The van der Waals surface area contributed by atoms with Gasteiger partial charge < -0.3 is 9.80 Å². The number of piperidine rings is 1. The molecule has 5 nitrogen and oxygen atoms in total. The summed E-state index contributed by atoms with van der Waals surface area (Å²) < 4.78 is 0. The summed E-state index contributed by atoms with van der Waals surface area (Å²) in [5.74, 6) is 0.254. The molecule has 24 heavy (non-hydrogen) atoms. The van der Waals surface area contributed by atoms with Crippen molar-refractivity contribution in [2.45, 2.75) is 39.2 Å². The first kappa shape index (κ1) is 16.7. The minimum absolute atomic E-state index is 0.0489. The van der Waals surface area contributed by atoms with Crippen LogP contribution in [0, 0.1) is 5.92 Å². The third-order valence-corrected chi connectivity index (χ3v) is 4.92. The zero-order chi connectivity index (χ0) is 17.1. The molecule has 1 aromatic heterocycles. The predicted octanol–water partition coefficient (Wildman–Crippen LogP) is 2.04. The molecule has 0 unspecified atom stereocenters. The maximum Gasteiger partial charge on any atom is 0.228 e. The van der Waals surface area contributed by atoms with Crippen LogP contribution in [0.1, 0.15) is 32.3 Å². The van der Waals surface area contributed by atoms with Crippen LogP contribution < -0.4 is 0 Å². The Morgan fingerprint density at radius 2 is 2.17 bits per heavy atom. The summed E-state index contributed by atoms with van der Waals surface area (Å²) in [5, 5.41) is 0. The number of hydrogen-bond acceptors (Lipinski definition) is 3. The summed E-state index contributed by atoms with van der Waals surface area (Å²) in [7, 11) is 0. The number of fused-ring (bicyclic) bond motifs is 4. The van der Waals surface area contributed by atoms with E-state index in [0.29, 0.717) is 26.1 Å². The summed E-state index contributed by atoms with van der Waals surface area (Å²) in [6.07, 6.45) is 7.78. The Morgan fingerprint density at radius 1 is 1.33 bits per heavy atom. The van der Waals surface area contributed by atoms with Crippen LogP contribution in [-0.4, -0.2) is 52.3 Å². The Morgan fingerprint density at radius 3 is 2.88 bits per heavy atom. The van der Waals surface area contributed by atoms with Gasteiger partial charge >= 0.3 is 0 Å². The van der Waals surface area contributed by atoms with Crippen molar-refractivity contribution in [3.05, 3.63) is 41.7 Å². The molecule has 3 fully saturated rings. The molecule has 0 aliphatic carbocycles. The smallest absolute Gasteiger partial charge is 0.228 e. The number of carbonyl (C=O) groups is 2. The topological polar surface area (TPSA) is 53.5 Å². The molecule has 0 aromatic carbocycles. The second-order valence-electron chi connectivity index (χ2n) is 7.04. The van der Waals surface area contributed by atoms with E-state index < -0.39 is 0 Å². The summed E-state index contributed by atoms with van der Waals surface area (Å²) >= 11 is 0. The molecule has 0 radical (unpaired) electrons. The number of carbonyl (C=O) groups excluding carboxylic acids is 2. The third kappa shape index (κ3) is 3.66. The normalized spacial score (nSPS) is 23.2. The molecule has 2 atom stereocenters. The fourth-order valence-corrected chi connectivity index (χ4v) is 3.55. The molecule has 3 saturated heterocycles. The van der Waals surface area contributed by atoms with Crippen LogP contribution in [0.3, 0.4) is 0 Å². The molecule has 128 valence electrons. The van der Waals surface area contributed by atoms with E-state index in [0.717, 1.165) is 18.4 Å². The van der Waals surface area contributed by atoms with E-state index in [1.807, 2.05) is 35.8 Å². The van der Waals surface area contributed by atoms with Crippen LogP contribution in [0.2, 0.25) is 0 Å². The molecule has 2 amide bonds. The van der Waals surface area contributed by atoms with Gasteiger partial charge in [0.15, 0.2) is 0 Å². The van der Waals surface area contributed by atoms with Gasteiger partial charge in [-0.15, -0.1) is 0 Å². The van der Waals surface area contributed by atoms with Gasteiger partial charge in [-0.25, -0.2) is 0 Å². The van der Waals surface area contributed by atoms with Gasteiger partial charge in [-0.3, -0.25) is 14.6 Å². The van der Waals surface area contributed by atoms with Crippen molar-refractivity contribution in [2.24, 2.45) is 5.92 Å². The van der Waals surface area contributed by atoms with Crippen molar-refractivity contribution < 1.29 is 9.59 Å². The molecule has 0 saturated carbocycles. The highest BCUT2D eigenvalue weighted by Gasteiger charge is 2.41. The fourth-order valence-electron chi connectivity index (χ4n) is 3.55.